The summed E-state index contributed by atoms with van der Waals surface area (Å²) in [5, 5.41) is 14.1. The molecule has 1 heterocycles. The zero-order valence-corrected chi connectivity index (χ0v) is 22.0. The highest BCUT2D eigenvalue weighted by molar-refractivity contribution is 9.10. The van der Waals surface area contributed by atoms with Crippen LogP contribution >= 0.6 is 27.3 Å². The zero-order chi connectivity index (χ0) is 25.5. The van der Waals surface area contributed by atoms with E-state index in [-0.39, 0.29) is 24.5 Å². The summed E-state index contributed by atoms with van der Waals surface area (Å²) >= 11 is 4.71. The minimum atomic E-state index is -0.587. The van der Waals surface area contributed by atoms with Crippen LogP contribution in [0.4, 0.5) is 10.7 Å². The van der Waals surface area contributed by atoms with Crippen molar-refractivity contribution in [3.8, 4) is 16.9 Å². The highest BCUT2D eigenvalue weighted by Crippen LogP contribution is 2.41. The maximum Gasteiger partial charge on any atom is 0.341 e. The Morgan fingerprint density at radius 1 is 1.14 bits per heavy atom. The lowest BCUT2D eigenvalue weighted by molar-refractivity contribution is -0.384. The molecule has 0 aliphatic heterocycles. The van der Waals surface area contributed by atoms with E-state index in [4.69, 9.17) is 9.47 Å². The summed E-state index contributed by atoms with van der Waals surface area (Å²) in [4.78, 5) is 36.8. The van der Waals surface area contributed by atoms with Crippen molar-refractivity contribution in [2.24, 2.45) is 0 Å². The van der Waals surface area contributed by atoms with Gasteiger partial charge in [0.25, 0.3) is 11.6 Å². The molecule has 0 unspecified atom stereocenters. The number of nitrogens with zero attached hydrogens (tertiary/aromatic N) is 1. The van der Waals surface area contributed by atoms with Crippen molar-refractivity contribution >= 4 is 49.8 Å². The van der Waals surface area contributed by atoms with Crippen LogP contribution < -0.4 is 10.1 Å². The summed E-state index contributed by atoms with van der Waals surface area (Å²) < 4.78 is 11.7. The number of aryl methyl sites for hydroxylation is 2. The number of ether oxygens (including phenoxy) is 2. The van der Waals surface area contributed by atoms with E-state index in [1.54, 1.807) is 19.1 Å². The van der Waals surface area contributed by atoms with E-state index in [1.807, 2.05) is 25.1 Å². The molecule has 2 aromatic carbocycles. The summed E-state index contributed by atoms with van der Waals surface area (Å²) in [6.45, 7) is 5.51. The minimum Gasteiger partial charge on any atom is -0.483 e. The number of rotatable bonds is 10. The van der Waals surface area contributed by atoms with Crippen LogP contribution in [0.5, 0.6) is 5.75 Å². The van der Waals surface area contributed by atoms with Crippen LogP contribution in [0.2, 0.25) is 0 Å². The maximum absolute atomic E-state index is 12.8. The lowest BCUT2D eigenvalue weighted by atomic mass is 10.0. The molecule has 0 atom stereocenters. The molecule has 8 nitrogen and oxygen atoms in total. The summed E-state index contributed by atoms with van der Waals surface area (Å²) in [5.41, 5.74) is 2.50. The molecule has 1 amide bonds. The fraction of sp³-hybridized carbons (Fsp3) is 0.280. The zero-order valence-electron chi connectivity index (χ0n) is 19.6. The van der Waals surface area contributed by atoms with Gasteiger partial charge in [-0.3, -0.25) is 14.9 Å². The van der Waals surface area contributed by atoms with Crippen LogP contribution in [-0.2, 0) is 16.0 Å². The van der Waals surface area contributed by atoms with Crippen molar-refractivity contribution in [3.05, 3.63) is 73.1 Å². The Hall–Kier alpha value is -3.24. The van der Waals surface area contributed by atoms with Gasteiger partial charge in [0.05, 0.1) is 16.0 Å². The van der Waals surface area contributed by atoms with Crippen LogP contribution in [0.25, 0.3) is 11.1 Å². The van der Waals surface area contributed by atoms with Gasteiger partial charge in [0, 0.05) is 22.6 Å². The van der Waals surface area contributed by atoms with Gasteiger partial charge in [0.1, 0.15) is 16.3 Å². The molecule has 0 saturated heterocycles. The summed E-state index contributed by atoms with van der Waals surface area (Å²) in [5.74, 6) is -0.480. The maximum atomic E-state index is 12.8. The van der Waals surface area contributed by atoms with Crippen LogP contribution in [-0.4, -0.2) is 30.0 Å². The lowest BCUT2D eigenvalue weighted by Crippen LogP contribution is -2.21. The highest BCUT2D eigenvalue weighted by Gasteiger charge is 2.26. The Labute approximate surface area is 215 Å². The van der Waals surface area contributed by atoms with Gasteiger partial charge < -0.3 is 14.8 Å². The number of hydrogen-bond donors (Lipinski definition) is 1. The normalized spacial score (nSPS) is 10.6. The van der Waals surface area contributed by atoms with Crippen LogP contribution in [0.3, 0.4) is 0 Å². The number of amides is 1. The van der Waals surface area contributed by atoms with E-state index in [0.29, 0.717) is 21.9 Å². The number of esters is 1. The van der Waals surface area contributed by atoms with E-state index in [0.717, 1.165) is 22.2 Å². The van der Waals surface area contributed by atoms with Crippen molar-refractivity contribution in [2.75, 3.05) is 18.5 Å². The third-order valence-corrected chi connectivity index (χ3v) is 6.72. The van der Waals surface area contributed by atoms with Crippen molar-refractivity contribution in [2.45, 2.75) is 33.6 Å². The number of carbonyl (C=O) groups excluding carboxylic acids is 2. The lowest BCUT2D eigenvalue weighted by Gasteiger charge is -2.11. The average molecular weight is 561 g/mol. The molecule has 0 spiro atoms. The molecule has 0 aliphatic carbocycles. The van der Waals surface area contributed by atoms with E-state index < -0.39 is 16.8 Å². The predicted octanol–water partition coefficient (Wildman–Crippen LogP) is 6.54. The van der Waals surface area contributed by atoms with Gasteiger partial charge in [-0.15, -0.1) is 11.3 Å². The summed E-state index contributed by atoms with van der Waals surface area (Å²) in [6, 6.07) is 11.6. The molecule has 0 radical (unpaired) electrons. The third-order valence-electron chi connectivity index (χ3n) is 5.08. The van der Waals surface area contributed by atoms with Crippen molar-refractivity contribution in [1.82, 2.24) is 0 Å². The molecule has 0 aliphatic rings. The number of hydrogen-bond acceptors (Lipinski definition) is 7. The van der Waals surface area contributed by atoms with Gasteiger partial charge in [-0.25, -0.2) is 4.79 Å². The Morgan fingerprint density at radius 3 is 2.46 bits per heavy atom. The molecule has 184 valence electrons. The Bertz CT molecular complexity index is 1240. The van der Waals surface area contributed by atoms with Gasteiger partial charge >= 0.3 is 5.97 Å². The number of nitro benzene ring substituents is 1. The molecule has 0 bridgehead atoms. The second-order valence-corrected chi connectivity index (χ2v) is 9.69. The first-order chi connectivity index (χ1) is 16.7. The number of nitro groups is 1. The molecule has 0 fully saturated rings. The first-order valence-corrected chi connectivity index (χ1v) is 12.6. The van der Waals surface area contributed by atoms with Gasteiger partial charge in [-0.05, 0) is 71.6 Å². The Kier molecular flexibility index (Phi) is 9.00. The largest absolute Gasteiger partial charge is 0.483 e. The molecule has 1 aromatic heterocycles. The topological polar surface area (TPSA) is 108 Å². The quantitative estimate of drug-likeness (QED) is 0.171. The number of non-ortho nitro benzene ring substituents is 1. The monoisotopic (exact) mass is 560 g/mol. The Morgan fingerprint density at radius 2 is 1.86 bits per heavy atom. The van der Waals surface area contributed by atoms with Gasteiger partial charge in [0.2, 0.25) is 0 Å². The first-order valence-electron chi connectivity index (χ1n) is 11.0. The molecule has 35 heavy (non-hydrogen) atoms. The summed E-state index contributed by atoms with van der Waals surface area (Å²) in [6.07, 6.45) is 1.98. The molecule has 0 saturated carbocycles. The molecule has 3 rings (SSSR count). The SMILES string of the molecule is CCCc1ccc(OCC(=O)Nc2sc(C)c(-c3ccc([N+](=O)[O-])cc3)c2C(=O)OCC)c(Br)c1. The van der Waals surface area contributed by atoms with E-state index in [2.05, 4.69) is 28.2 Å². The third kappa shape index (κ3) is 6.46. The number of halogens is 1. The highest BCUT2D eigenvalue weighted by atomic mass is 79.9. The van der Waals surface area contributed by atoms with E-state index in [1.165, 1.54) is 29.0 Å². The number of anilines is 1. The van der Waals surface area contributed by atoms with E-state index >= 15 is 0 Å². The second-order valence-electron chi connectivity index (χ2n) is 7.61. The number of benzene rings is 2. The van der Waals surface area contributed by atoms with Gasteiger partial charge in [-0.2, -0.15) is 0 Å². The number of nitrogens with one attached hydrogen (secondary N) is 1. The van der Waals surface area contributed by atoms with Gasteiger partial charge in [-0.1, -0.05) is 19.4 Å². The second kappa shape index (κ2) is 11.9. The standard InChI is InChI=1S/C25H25BrN2O6S/c1-4-6-16-7-12-20(19(26)13-16)34-14-21(29)27-24-23(25(30)33-5-2)22(15(3)35-24)17-8-10-18(11-9-17)28(31)32/h7-13H,4-6,14H2,1-3H3,(H,27,29). The minimum absolute atomic E-state index is 0.0566. The molecule has 1 N–H and O–H groups in total. The fourth-order valence-corrected chi connectivity index (χ4v) is 5.16. The fourth-order valence-electron chi connectivity index (χ4n) is 3.54. The van der Waals surface area contributed by atoms with Crippen LogP contribution in [0.15, 0.2) is 46.9 Å². The Balaban J connectivity index is 1.83. The molecular weight excluding hydrogens is 536 g/mol. The van der Waals surface area contributed by atoms with Crippen molar-refractivity contribution in [1.29, 1.82) is 0 Å². The van der Waals surface area contributed by atoms with Crippen LogP contribution in [0, 0.1) is 17.0 Å². The average Bonchev–Trinajstić information content (AvgIpc) is 3.14. The number of thiophene rings is 1. The van der Waals surface area contributed by atoms with E-state index in [9.17, 15) is 19.7 Å². The van der Waals surface area contributed by atoms with Crippen molar-refractivity contribution in [3.63, 3.8) is 0 Å². The molecular formula is C25H25BrN2O6S. The van der Waals surface area contributed by atoms with Crippen LogP contribution in [0.1, 0.15) is 41.1 Å². The molecule has 3 aromatic rings. The predicted molar refractivity (Wildman–Crippen MR) is 139 cm³/mol. The van der Waals surface area contributed by atoms with Crippen molar-refractivity contribution < 1.29 is 24.0 Å². The van der Waals surface area contributed by atoms with Gasteiger partial charge in [0.15, 0.2) is 6.61 Å². The smallest absolute Gasteiger partial charge is 0.341 e. The summed E-state index contributed by atoms with van der Waals surface area (Å²) in [7, 11) is 0. The molecule has 10 heteroatoms. The first kappa shape index (κ1) is 26.4. The number of carbonyl (C=O) groups is 2.